The zero-order chi connectivity index (χ0) is 17.7. The van der Waals surface area contributed by atoms with Crippen LogP contribution < -0.4 is 0 Å². The monoisotopic (exact) mass is 331 g/mol. The van der Waals surface area contributed by atoms with Crippen molar-refractivity contribution >= 4 is 11.9 Å². The predicted molar refractivity (Wildman–Crippen MR) is 89.0 cm³/mol. The van der Waals surface area contributed by atoms with Crippen molar-refractivity contribution in [1.29, 1.82) is 0 Å². The SMILES string of the molecule is CC(C)C(=O)OCCN1CCCCC1.CC(C)C(=O)OCCO. The Bertz CT molecular complexity index is 325. The van der Waals surface area contributed by atoms with Crippen LogP contribution in [0.5, 0.6) is 0 Å². The fraction of sp³-hybridized carbons (Fsp3) is 0.882. The van der Waals surface area contributed by atoms with E-state index in [0.717, 1.165) is 6.54 Å². The van der Waals surface area contributed by atoms with Gasteiger partial charge in [0.05, 0.1) is 18.4 Å². The number of hydrogen-bond donors (Lipinski definition) is 1. The lowest BCUT2D eigenvalue weighted by molar-refractivity contribution is -0.148. The number of rotatable bonds is 7. The van der Waals surface area contributed by atoms with Gasteiger partial charge in [-0.05, 0) is 25.9 Å². The summed E-state index contributed by atoms with van der Waals surface area (Å²) in [5.41, 5.74) is 0. The van der Waals surface area contributed by atoms with Gasteiger partial charge in [-0.25, -0.2) is 0 Å². The summed E-state index contributed by atoms with van der Waals surface area (Å²) in [6, 6.07) is 0. The molecule has 0 atom stereocenters. The molecule has 1 rings (SSSR count). The van der Waals surface area contributed by atoms with Crippen LogP contribution in [0.4, 0.5) is 0 Å². The molecule has 0 saturated carbocycles. The first-order valence-electron chi connectivity index (χ1n) is 8.55. The second-order valence-electron chi connectivity index (χ2n) is 6.27. The molecule has 0 aromatic rings. The van der Waals surface area contributed by atoms with Gasteiger partial charge in [0.1, 0.15) is 13.2 Å². The molecule has 1 fully saturated rings. The summed E-state index contributed by atoms with van der Waals surface area (Å²) in [7, 11) is 0. The number of nitrogens with zero attached hydrogens (tertiary/aromatic N) is 1. The first kappa shape index (κ1) is 21.9. The molecule has 0 unspecified atom stereocenters. The molecule has 136 valence electrons. The fourth-order valence-electron chi connectivity index (χ4n) is 1.94. The predicted octanol–water partition coefficient (Wildman–Crippen LogP) is 1.85. The highest BCUT2D eigenvalue weighted by Gasteiger charge is 2.12. The summed E-state index contributed by atoms with van der Waals surface area (Å²) in [5.74, 6) is -0.445. The molecule has 0 aromatic carbocycles. The van der Waals surface area contributed by atoms with Gasteiger partial charge in [0.15, 0.2) is 0 Å². The van der Waals surface area contributed by atoms with E-state index in [0.29, 0.717) is 6.61 Å². The summed E-state index contributed by atoms with van der Waals surface area (Å²) in [6.07, 6.45) is 3.93. The van der Waals surface area contributed by atoms with Gasteiger partial charge in [-0.2, -0.15) is 0 Å². The largest absolute Gasteiger partial charge is 0.464 e. The number of carbonyl (C=O) groups excluding carboxylic acids is 2. The minimum atomic E-state index is -0.260. The number of hydrogen-bond acceptors (Lipinski definition) is 6. The van der Waals surface area contributed by atoms with E-state index in [2.05, 4.69) is 9.64 Å². The van der Waals surface area contributed by atoms with E-state index in [9.17, 15) is 9.59 Å². The lowest BCUT2D eigenvalue weighted by Gasteiger charge is -2.26. The second-order valence-corrected chi connectivity index (χ2v) is 6.27. The summed E-state index contributed by atoms with van der Waals surface area (Å²) in [6.45, 7) is 11.0. The third kappa shape index (κ3) is 12.0. The molecule has 1 aliphatic heterocycles. The van der Waals surface area contributed by atoms with Crippen molar-refractivity contribution in [1.82, 2.24) is 4.90 Å². The molecule has 0 spiro atoms. The van der Waals surface area contributed by atoms with E-state index in [1.54, 1.807) is 13.8 Å². The quantitative estimate of drug-likeness (QED) is 0.718. The van der Waals surface area contributed by atoms with E-state index in [1.165, 1.54) is 32.4 Å². The van der Waals surface area contributed by atoms with Gasteiger partial charge in [-0.1, -0.05) is 34.1 Å². The summed E-state index contributed by atoms with van der Waals surface area (Å²) < 4.78 is 9.69. The zero-order valence-electron chi connectivity index (χ0n) is 15.0. The number of piperidine rings is 1. The number of ether oxygens (including phenoxy) is 2. The maximum Gasteiger partial charge on any atom is 0.308 e. The molecule has 0 radical (unpaired) electrons. The van der Waals surface area contributed by atoms with Gasteiger partial charge in [-0.3, -0.25) is 14.5 Å². The van der Waals surface area contributed by atoms with Crippen LogP contribution in [-0.2, 0) is 19.1 Å². The Morgan fingerprint density at radius 1 is 0.913 bits per heavy atom. The molecular weight excluding hydrogens is 298 g/mol. The van der Waals surface area contributed by atoms with E-state index in [1.807, 2.05) is 13.8 Å². The molecule has 0 aliphatic carbocycles. The van der Waals surface area contributed by atoms with Gasteiger partial charge in [0, 0.05) is 6.54 Å². The van der Waals surface area contributed by atoms with Crippen molar-refractivity contribution in [2.24, 2.45) is 11.8 Å². The van der Waals surface area contributed by atoms with E-state index in [4.69, 9.17) is 9.84 Å². The van der Waals surface area contributed by atoms with E-state index < -0.39 is 0 Å². The average molecular weight is 331 g/mol. The number of aliphatic hydroxyl groups is 1. The first-order chi connectivity index (χ1) is 10.9. The van der Waals surface area contributed by atoms with Gasteiger partial charge in [0.25, 0.3) is 0 Å². The van der Waals surface area contributed by atoms with Crippen molar-refractivity contribution < 1.29 is 24.2 Å². The van der Waals surface area contributed by atoms with Crippen LogP contribution in [0.25, 0.3) is 0 Å². The van der Waals surface area contributed by atoms with Crippen molar-refractivity contribution in [3.63, 3.8) is 0 Å². The molecule has 0 bridgehead atoms. The highest BCUT2D eigenvalue weighted by molar-refractivity contribution is 5.71. The summed E-state index contributed by atoms with van der Waals surface area (Å²) >= 11 is 0. The third-order valence-electron chi connectivity index (χ3n) is 3.38. The lowest BCUT2D eigenvalue weighted by atomic mass is 10.1. The Morgan fingerprint density at radius 3 is 1.83 bits per heavy atom. The van der Waals surface area contributed by atoms with Crippen molar-refractivity contribution in [2.45, 2.75) is 47.0 Å². The van der Waals surface area contributed by atoms with Crippen LogP contribution in [0.15, 0.2) is 0 Å². The van der Waals surface area contributed by atoms with Crippen LogP contribution in [-0.4, -0.2) is 61.4 Å². The highest BCUT2D eigenvalue weighted by Crippen LogP contribution is 2.07. The van der Waals surface area contributed by atoms with Crippen molar-refractivity contribution in [3.8, 4) is 0 Å². The molecule has 1 N–H and O–H groups in total. The topological polar surface area (TPSA) is 76.1 Å². The van der Waals surface area contributed by atoms with Crippen molar-refractivity contribution in [3.05, 3.63) is 0 Å². The average Bonchev–Trinajstić information content (AvgIpc) is 2.53. The van der Waals surface area contributed by atoms with Crippen LogP contribution in [0.1, 0.15) is 47.0 Å². The number of likely N-dealkylation sites (tertiary alicyclic amines) is 1. The standard InChI is InChI=1S/C11H21NO2.C6H12O3/c1-10(2)11(13)14-9-8-12-6-4-3-5-7-12;1-5(2)6(8)9-4-3-7/h10H,3-9H2,1-2H3;5,7H,3-4H2,1-2H3. The maximum atomic E-state index is 11.1. The molecule has 0 aromatic heterocycles. The molecule has 23 heavy (non-hydrogen) atoms. The van der Waals surface area contributed by atoms with Gasteiger partial charge in [-0.15, -0.1) is 0 Å². The zero-order valence-corrected chi connectivity index (χ0v) is 15.0. The van der Waals surface area contributed by atoms with Gasteiger partial charge >= 0.3 is 11.9 Å². The third-order valence-corrected chi connectivity index (χ3v) is 3.38. The number of esters is 2. The smallest absolute Gasteiger partial charge is 0.308 e. The Labute approximate surface area is 140 Å². The van der Waals surface area contributed by atoms with Crippen molar-refractivity contribution in [2.75, 3.05) is 39.5 Å². The van der Waals surface area contributed by atoms with Gasteiger partial charge in [0.2, 0.25) is 0 Å². The fourth-order valence-corrected chi connectivity index (χ4v) is 1.94. The van der Waals surface area contributed by atoms with Gasteiger partial charge < -0.3 is 14.6 Å². The number of carbonyl (C=O) groups is 2. The second kappa shape index (κ2) is 13.3. The Balaban J connectivity index is 0.000000468. The molecule has 0 amide bonds. The summed E-state index contributed by atoms with van der Waals surface area (Å²) in [5, 5.41) is 8.22. The molecule has 6 heteroatoms. The van der Waals surface area contributed by atoms with Crippen LogP contribution in [0.2, 0.25) is 0 Å². The number of aliphatic hydroxyl groups excluding tert-OH is 1. The maximum absolute atomic E-state index is 11.1. The molecule has 1 heterocycles. The van der Waals surface area contributed by atoms with E-state index in [-0.39, 0.29) is 37.0 Å². The molecule has 1 aliphatic rings. The highest BCUT2D eigenvalue weighted by atomic mass is 16.5. The molecule has 6 nitrogen and oxygen atoms in total. The Kier molecular flexibility index (Phi) is 12.7. The first-order valence-corrected chi connectivity index (χ1v) is 8.55. The Hall–Kier alpha value is -1.14. The minimum absolute atomic E-state index is 0.00337. The molecule has 1 saturated heterocycles. The van der Waals surface area contributed by atoms with Crippen LogP contribution in [0, 0.1) is 11.8 Å². The van der Waals surface area contributed by atoms with Crippen LogP contribution >= 0.6 is 0 Å². The van der Waals surface area contributed by atoms with E-state index >= 15 is 0 Å². The lowest BCUT2D eigenvalue weighted by Crippen LogP contribution is -2.33. The molecular formula is C17H33NO5. The summed E-state index contributed by atoms with van der Waals surface area (Å²) in [4.78, 5) is 24.1. The van der Waals surface area contributed by atoms with Crippen LogP contribution in [0.3, 0.4) is 0 Å². The Morgan fingerprint density at radius 2 is 1.39 bits per heavy atom. The minimum Gasteiger partial charge on any atom is -0.464 e. The normalized spacial score (nSPS) is 15.1.